The van der Waals surface area contributed by atoms with E-state index in [0.29, 0.717) is 4.88 Å². The third-order valence-corrected chi connectivity index (χ3v) is 2.94. The summed E-state index contributed by atoms with van der Waals surface area (Å²) in [5, 5.41) is 29.6. The maximum Gasteiger partial charge on any atom is 0.213 e. The van der Waals surface area contributed by atoms with Crippen LogP contribution in [0.3, 0.4) is 0 Å². The molecular weight excluding hydrogens is 214 g/mol. The Kier molecular flexibility index (Phi) is 3.78. The Labute approximate surface area is 90.3 Å². The van der Waals surface area contributed by atoms with Crippen molar-refractivity contribution < 1.29 is 4.92 Å². The summed E-state index contributed by atoms with van der Waals surface area (Å²) < 4.78 is 0. The van der Waals surface area contributed by atoms with Crippen LogP contribution in [0, 0.1) is 38.7 Å². The zero-order valence-electron chi connectivity index (χ0n) is 7.66. The summed E-state index contributed by atoms with van der Waals surface area (Å²) >= 11 is 1.33. The molecule has 0 saturated carbocycles. The lowest BCUT2D eigenvalue weighted by Crippen LogP contribution is -2.18. The van der Waals surface area contributed by atoms with Crippen molar-refractivity contribution in [3.63, 3.8) is 0 Å². The van der Waals surface area contributed by atoms with Gasteiger partial charge in [0.1, 0.15) is 5.92 Å². The van der Waals surface area contributed by atoms with Gasteiger partial charge in [-0.2, -0.15) is 10.5 Å². The summed E-state index contributed by atoms with van der Waals surface area (Å²) in [7, 11) is 0. The van der Waals surface area contributed by atoms with E-state index in [9.17, 15) is 10.1 Å². The second kappa shape index (κ2) is 5.08. The van der Waals surface area contributed by atoms with Crippen molar-refractivity contribution in [3.8, 4) is 12.1 Å². The Hall–Kier alpha value is -1.92. The van der Waals surface area contributed by atoms with E-state index in [0.717, 1.165) is 0 Å². The van der Waals surface area contributed by atoms with Gasteiger partial charge in [-0.1, -0.05) is 6.07 Å². The number of rotatable bonds is 4. The molecule has 0 spiro atoms. The summed E-state index contributed by atoms with van der Waals surface area (Å²) in [5.41, 5.74) is 0. The first-order valence-corrected chi connectivity index (χ1v) is 5.01. The second-order valence-corrected chi connectivity index (χ2v) is 3.85. The Morgan fingerprint density at radius 1 is 1.53 bits per heavy atom. The highest BCUT2D eigenvalue weighted by Crippen LogP contribution is 2.28. The van der Waals surface area contributed by atoms with Gasteiger partial charge in [0.05, 0.1) is 18.1 Å². The third kappa shape index (κ3) is 2.76. The van der Waals surface area contributed by atoms with E-state index >= 15 is 0 Å². The zero-order chi connectivity index (χ0) is 11.3. The highest BCUT2D eigenvalue weighted by atomic mass is 32.1. The summed E-state index contributed by atoms with van der Waals surface area (Å²) in [6, 6.07) is 7.03. The van der Waals surface area contributed by atoms with Crippen LogP contribution < -0.4 is 0 Å². The molecule has 0 aliphatic rings. The van der Waals surface area contributed by atoms with Gasteiger partial charge in [-0.3, -0.25) is 10.1 Å². The van der Waals surface area contributed by atoms with Gasteiger partial charge in [-0.05, 0) is 11.4 Å². The molecule has 1 aromatic heterocycles. The SMILES string of the molecule is N#CC(C#N)[C@@H](C[N+](=O)[O-])c1cccs1. The normalized spacial score (nSPS) is 11.7. The fraction of sp³-hybridized carbons (Fsp3) is 0.333. The van der Waals surface area contributed by atoms with Gasteiger partial charge in [0, 0.05) is 9.80 Å². The molecular formula is C9H7N3O2S. The first kappa shape index (κ1) is 11.2. The maximum absolute atomic E-state index is 10.4. The maximum atomic E-state index is 10.4. The number of nitro groups is 1. The number of nitrogens with zero attached hydrogens (tertiary/aromatic N) is 3. The van der Waals surface area contributed by atoms with Crippen LogP contribution in [0.15, 0.2) is 17.5 Å². The fourth-order valence-corrected chi connectivity index (χ4v) is 2.09. The first-order valence-electron chi connectivity index (χ1n) is 4.13. The molecule has 1 heterocycles. The molecule has 1 rings (SSSR count). The number of hydrogen-bond acceptors (Lipinski definition) is 5. The second-order valence-electron chi connectivity index (χ2n) is 2.87. The van der Waals surface area contributed by atoms with Crippen LogP contribution in [0.4, 0.5) is 0 Å². The van der Waals surface area contributed by atoms with Crippen molar-refractivity contribution in [1.29, 1.82) is 10.5 Å². The molecule has 76 valence electrons. The van der Waals surface area contributed by atoms with E-state index in [1.807, 2.05) is 0 Å². The summed E-state index contributed by atoms with van der Waals surface area (Å²) in [5.74, 6) is -1.59. The van der Waals surface area contributed by atoms with E-state index in [4.69, 9.17) is 10.5 Å². The number of hydrogen-bond donors (Lipinski definition) is 0. The largest absolute Gasteiger partial charge is 0.265 e. The van der Waals surface area contributed by atoms with Crippen molar-refractivity contribution >= 4 is 11.3 Å². The van der Waals surface area contributed by atoms with Gasteiger partial charge in [0.15, 0.2) is 0 Å². The monoisotopic (exact) mass is 221 g/mol. The molecule has 0 fully saturated rings. The van der Waals surface area contributed by atoms with Crippen molar-refractivity contribution in [1.82, 2.24) is 0 Å². The Morgan fingerprint density at radius 3 is 2.60 bits per heavy atom. The molecule has 0 unspecified atom stereocenters. The average molecular weight is 221 g/mol. The molecule has 0 saturated heterocycles. The predicted molar refractivity (Wildman–Crippen MR) is 53.6 cm³/mol. The van der Waals surface area contributed by atoms with E-state index in [1.165, 1.54) is 11.3 Å². The first-order chi connectivity index (χ1) is 7.19. The van der Waals surface area contributed by atoms with Crippen molar-refractivity contribution in [2.45, 2.75) is 5.92 Å². The Balaban J connectivity index is 2.94. The van der Waals surface area contributed by atoms with Crippen molar-refractivity contribution in [3.05, 3.63) is 32.5 Å². The van der Waals surface area contributed by atoms with E-state index in [-0.39, 0.29) is 6.54 Å². The third-order valence-electron chi connectivity index (χ3n) is 1.93. The van der Waals surface area contributed by atoms with Crippen molar-refractivity contribution in [2.75, 3.05) is 6.54 Å². The minimum atomic E-state index is -0.964. The molecule has 0 radical (unpaired) electrons. The Bertz CT molecular complexity index is 402. The quantitative estimate of drug-likeness (QED) is 0.572. The lowest BCUT2D eigenvalue weighted by atomic mass is 9.93. The standard InChI is InChI=1S/C9H7N3O2S/c10-4-7(5-11)8(6-12(13)14)9-2-1-3-15-9/h1-3,7-8H,6H2/t8-/m1/s1. The molecule has 0 aromatic carbocycles. The lowest BCUT2D eigenvalue weighted by Gasteiger charge is -2.10. The number of thiophene rings is 1. The highest BCUT2D eigenvalue weighted by molar-refractivity contribution is 7.10. The molecule has 6 heteroatoms. The molecule has 5 nitrogen and oxygen atoms in total. The summed E-state index contributed by atoms with van der Waals surface area (Å²) in [6.07, 6.45) is 0. The minimum Gasteiger partial charge on any atom is -0.265 e. The van der Waals surface area contributed by atoms with Gasteiger partial charge in [0.25, 0.3) is 0 Å². The predicted octanol–water partition coefficient (Wildman–Crippen LogP) is 1.77. The van der Waals surface area contributed by atoms with Crippen molar-refractivity contribution in [2.24, 2.45) is 5.92 Å². The molecule has 0 aliphatic heterocycles. The van der Waals surface area contributed by atoms with Crippen LogP contribution in [0.5, 0.6) is 0 Å². The molecule has 0 bridgehead atoms. The van der Waals surface area contributed by atoms with Gasteiger partial charge >= 0.3 is 0 Å². The lowest BCUT2D eigenvalue weighted by molar-refractivity contribution is -0.484. The molecule has 0 amide bonds. The van der Waals surface area contributed by atoms with Crippen LogP contribution in [-0.4, -0.2) is 11.5 Å². The van der Waals surface area contributed by atoms with E-state index in [1.54, 1.807) is 29.7 Å². The average Bonchev–Trinajstić information content (AvgIpc) is 2.70. The van der Waals surface area contributed by atoms with Crippen LogP contribution in [-0.2, 0) is 0 Å². The molecule has 1 atom stereocenters. The van der Waals surface area contributed by atoms with E-state index < -0.39 is 16.8 Å². The van der Waals surface area contributed by atoms with Gasteiger partial charge < -0.3 is 0 Å². The fourth-order valence-electron chi connectivity index (χ4n) is 1.23. The molecule has 0 aliphatic carbocycles. The zero-order valence-corrected chi connectivity index (χ0v) is 8.48. The van der Waals surface area contributed by atoms with E-state index in [2.05, 4.69) is 0 Å². The van der Waals surface area contributed by atoms with Gasteiger partial charge in [-0.15, -0.1) is 11.3 Å². The summed E-state index contributed by atoms with van der Waals surface area (Å²) in [4.78, 5) is 10.6. The van der Waals surface area contributed by atoms with Crippen LogP contribution in [0.1, 0.15) is 10.8 Å². The van der Waals surface area contributed by atoms with Crippen LogP contribution >= 0.6 is 11.3 Å². The van der Waals surface area contributed by atoms with Gasteiger partial charge in [0.2, 0.25) is 6.54 Å². The van der Waals surface area contributed by atoms with Crippen LogP contribution in [0.2, 0.25) is 0 Å². The number of nitriles is 2. The molecule has 15 heavy (non-hydrogen) atoms. The highest BCUT2D eigenvalue weighted by Gasteiger charge is 2.28. The van der Waals surface area contributed by atoms with Gasteiger partial charge in [-0.25, -0.2) is 0 Å². The minimum absolute atomic E-state index is 0.383. The molecule has 1 aromatic rings. The molecule has 0 N–H and O–H groups in total. The summed E-state index contributed by atoms with van der Waals surface area (Å²) in [6.45, 7) is -0.383. The smallest absolute Gasteiger partial charge is 0.213 e. The Morgan fingerprint density at radius 2 is 2.20 bits per heavy atom. The van der Waals surface area contributed by atoms with Crippen LogP contribution in [0.25, 0.3) is 0 Å². The topological polar surface area (TPSA) is 90.7 Å².